The van der Waals surface area contributed by atoms with Gasteiger partial charge in [-0.2, -0.15) is 0 Å². The number of aromatic nitrogens is 3. The highest BCUT2D eigenvalue weighted by molar-refractivity contribution is 5.92. The number of carbonyl (C=O) groups is 1. The zero-order valence-corrected chi connectivity index (χ0v) is 13.5. The number of carboxylic acids is 1. The Bertz CT molecular complexity index is 927. The Morgan fingerprint density at radius 3 is 2.25 bits per heavy atom. The first-order valence-electron chi connectivity index (χ1n) is 7.28. The molecule has 0 spiro atoms. The topological polar surface area (TPSA) is 115 Å². The third-order valence-electron chi connectivity index (χ3n) is 3.45. The first-order valence-corrected chi connectivity index (χ1v) is 7.28. The van der Waals surface area contributed by atoms with E-state index in [0.29, 0.717) is 28.5 Å². The van der Waals surface area contributed by atoms with Gasteiger partial charge in [-0.1, -0.05) is 0 Å². The number of furan rings is 1. The number of rotatable bonds is 3. The van der Waals surface area contributed by atoms with Crippen LogP contribution >= 0.6 is 0 Å². The van der Waals surface area contributed by atoms with Gasteiger partial charge in [-0.05, 0) is 45.0 Å². The van der Waals surface area contributed by atoms with E-state index in [1.165, 1.54) is 0 Å². The third kappa shape index (κ3) is 2.83. The van der Waals surface area contributed by atoms with Gasteiger partial charge in [-0.25, -0.2) is 14.8 Å². The van der Waals surface area contributed by atoms with Crippen molar-refractivity contribution in [1.29, 1.82) is 0 Å². The van der Waals surface area contributed by atoms with E-state index in [4.69, 9.17) is 10.2 Å². The molecule has 122 valence electrons. The number of nitrogens with two attached hydrogens (primary N) is 1. The maximum absolute atomic E-state index is 11.4. The van der Waals surface area contributed by atoms with Crippen LogP contribution in [0.3, 0.4) is 0 Å². The lowest BCUT2D eigenvalue weighted by Gasteiger charge is -2.10. The van der Waals surface area contributed by atoms with Crippen LogP contribution in [0.1, 0.15) is 27.6 Å². The van der Waals surface area contributed by atoms with Crippen LogP contribution in [0.4, 0.5) is 5.82 Å². The van der Waals surface area contributed by atoms with E-state index in [2.05, 4.69) is 15.0 Å². The molecule has 3 heterocycles. The van der Waals surface area contributed by atoms with Crippen molar-refractivity contribution < 1.29 is 14.3 Å². The van der Waals surface area contributed by atoms with Gasteiger partial charge >= 0.3 is 5.97 Å². The summed E-state index contributed by atoms with van der Waals surface area (Å²) >= 11 is 0. The van der Waals surface area contributed by atoms with Crippen LogP contribution in [-0.4, -0.2) is 26.0 Å². The normalized spacial score (nSPS) is 10.8. The van der Waals surface area contributed by atoms with Crippen LogP contribution in [0.15, 0.2) is 28.7 Å². The summed E-state index contributed by atoms with van der Waals surface area (Å²) in [5.74, 6) is -0.199. The van der Waals surface area contributed by atoms with E-state index in [0.717, 1.165) is 11.4 Å². The molecular weight excluding hydrogens is 308 g/mol. The lowest BCUT2D eigenvalue weighted by Crippen LogP contribution is -2.10. The Kier molecular flexibility index (Phi) is 3.76. The molecular formula is C17H16N4O3. The summed E-state index contributed by atoms with van der Waals surface area (Å²) in [6.45, 7) is 5.53. The van der Waals surface area contributed by atoms with E-state index in [1.807, 2.05) is 32.9 Å². The Morgan fingerprint density at radius 1 is 1.04 bits per heavy atom. The number of pyridine rings is 1. The molecule has 0 saturated heterocycles. The predicted molar refractivity (Wildman–Crippen MR) is 88.5 cm³/mol. The quantitative estimate of drug-likeness (QED) is 0.760. The van der Waals surface area contributed by atoms with Crippen LogP contribution in [0, 0.1) is 20.8 Å². The van der Waals surface area contributed by atoms with Gasteiger partial charge in [0.15, 0.2) is 17.3 Å². The highest BCUT2D eigenvalue weighted by Crippen LogP contribution is 2.32. The molecule has 0 amide bonds. The summed E-state index contributed by atoms with van der Waals surface area (Å²) in [6, 6.07) is 7.19. The first-order chi connectivity index (χ1) is 11.3. The summed E-state index contributed by atoms with van der Waals surface area (Å²) in [6.07, 6.45) is 0. The van der Waals surface area contributed by atoms with E-state index in [9.17, 15) is 9.90 Å². The molecule has 0 atom stereocenters. The molecule has 0 unspecified atom stereocenters. The molecule has 3 aromatic rings. The minimum absolute atomic E-state index is 0.155. The Hall–Kier alpha value is -3.22. The average Bonchev–Trinajstić information content (AvgIpc) is 2.92. The van der Waals surface area contributed by atoms with Crippen molar-refractivity contribution in [3.63, 3.8) is 0 Å². The predicted octanol–water partition coefficient (Wildman–Crippen LogP) is 3.00. The number of hydrogen-bond donors (Lipinski definition) is 2. The first kappa shape index (κ1) is 15.7. The molecule has 7 heteroatoms. The number of aryl methyl sites for hydroxylation is 3. The fraction of sp³-hybridized carbons (Fsp3) is 0.176. The largest absolute Gasteiger partial charge is 0.476 e. The van der Waals surface area contributed by atoms with E-state index in [1.54, 1.807) is 12.1 Å². The SMILES string of the molecule is Cc1cc(-c2nc(C(=O)O)c(N)nc2-c2ccc(C)o2)cc(C)n1. The Balaban J connectivity index is 2.32. The number of carboxylic acid groups (broad SMARTS) is 1. The summed E-state index contributed by atoms with van der Waals surface area (Å²) in [5.41, 5.74) is 8.56. The van der Waals surface area contributed by atoms with Crippen molar-refractivity contribution in [2.45, 2.75) is 20.8 Å². The van der Waals surface area contributed by atoms with Gasteiger partial charge in [0, 0.05) is 17.0 Å². The van der Waals surface area contributed by atoms with Crippen molar-refractivity contribution in [3.05, 3.63) is 47.1 Å². The van der Waals surface area contributed by atoms with Crippen LogP contribution in [0.5, 0.6) is 0 Å². The molecule has 3 rings (SSSR count). The van der Waals surface area contributed by atoms with Crippen molar-refractivity contribution in [3.8, 4) is 22.7 Å². The number of hydrogen-bond acceptors (Lipinski definition) is 6. The van der Waals surface area contributed by atoms with E-state index < -0.39 is 5.97 Å². The number of nitrogen functional groups attached to an aromatic ring is 1. The molecule has 0 fully saturated rings. The molecule has 0 aromatic carbocycles. The molecule has 3 N–H and O–H groups in total. The van der Waals surface area contributed by atoms with E-state index >= 15 is 0 Å². The second-order valence-electron chi connectivity index (χ2n) is 5.51. The molecule has 0 bridgehead atoms. The third-order valence-corrected chi connectivity index (χ3v) is 3.45. The Morgan fingerprint density at radius 2 is 1.71 bits per heavy atom. The van der Waals surface area contributed by atoms with Crippen molar-refractivity contribution >= 4 is 11.8 Å². The van der Waals surface area contributed by atoms with Gasteiger partial charge in [-0.3, -0.25) is 4.98 Å². The van der Waals surface area contributed by atoms with Gasteiger partial charge in [0.1, 0.15) is 17.1 Å². The van der Waals surface area contributed by atoms with Crippen molar-refractivity contribution in [2.24, 2.45) is 0 Å². The maximum atomic E-state index is 11.4. The van der Waals surface area contributed by atoms with Gasteiger partial charge in [0.25, 0.3) is 0 Å². The summed E-state index contributed by atoms with van der Waals surface area (Å²) in [7, 11) is 0. The minimum atomic E-state index is -1.23. The molecule has 24 heavy (non-hydrogen) atoms. The minimum Gasteiger partial charge on any atom is -0.476 e. The van der Waals surface area contributed by atoms with E-state index in [-0.39, 0.29) is 11.5 Å². The summed E-state index contributed by atoms with van der Waals surface area (Å²) in [4.78, 5) is 24.2. The second kappa shape index (κ2) is 5.77. The maximum Gasteiger partial charge on any atom is 0.358 e. The molecule has 3 aromatic heterocycles. The average molecular weight is 324 g/mol. The second-order valence-corrected chi connectivity index (χ2v) is 5.51. The van der Waals surface area contributed by atoms with Crippen LogP contribution in [0.2, 0.25) is 0 Å². The molecule has 0 aliphatic heterocycles. The molecule has 0 saturated carbocycles. The number of anilines is 1. The van der Waals surface area contributed by atoms with Gasteiger partial charge in [0.2, 0.25) is 0 Å². The molecule has 0 aliphatic rings. The smallest absolute Gasteiger partial charge is 0.358 e. The van der Waals surface area contributed by atoms with Crippen LogP contribution < -0.4 is 5.73 Å². The fourth-order valence-corrected chi connectivity index (χ4v) is 2.51. The highest BCUT2D eigenvalue weighted by atomic mass is 16.4. The Labute approximate surface area is 138 Å². The molecule has 0 radical (unpaired) electrons. The highest BCUT2D eigenvalue weighted by Gasteiger charge is 2.21. The number of nitrogens with zero attached hydrogens (tertiary/aromatic N) is 3. The van der Waals surface area contributed by atoms with Crippen molar-refractivity contribution in [1.82, 2.24) is 15.0 Å². The van der Waals surface area contributed by atoms with Gasteiger partial charge < -0.3 is 15.3 Å². The van der Waals surface area contributed by atoms with Gasteiger partial charge in [0.05, 0.1) is 0 Å². The monoisotopic (exact) mass is 324 g/mol. The van der Waals surface area contributed by atoms with Crippen molar-refractivity contribution in [2.75, 3.05) is 5.73 Å². The van der Waals surface area contributed by atoms with Crippen LogP contribution in [0.25, 0.3) is 22.7 Å². The lowest BCUT2D eigenvalue weighted by molar-refractivity contribution is 0.0691. The molecule has 0 aliphatic carbocycles. The zero-order valence-electron chi connectivity index (χ0n) is 13.5. The molecule has 7 nitrogen and oxygen atoms in total. The number of aromatic carboxylic acids is 1. The standard InChI is InChI=1S/C17H16N4O3/c1-8-6-11(7-9(2)19-8)13-14(12-5-4-10(3)24-12)21-16(18)15(20-13)17(22)23/h4-7H,1-3H3,(H2,18,21)(H,22,23). The summed E-state index contributed by atoms with van der Waals surface area (Å²) in [5, 5.41) is 9.29. The lowest BCUT2D eigenvalue weighted by atomic mass is 10.1. The van der Waals surface area contributed by atoms with Gasteiger partial charge in [-0.15, -0.1) is 0 Å². The fourth-order valence-electron chi connectivity index (χ4n) is 2.51. The zero-order chi connectivity index (χ0) is 17.4. The van der Waals surface area contributed by atoms with Crippen LogP contribution in [-0.2, 0) is 0 Å². The summed E-state index contributed by atoms with van der Waals surface area (Å²) < 4.78 is 5.63.